The molecular formula is C14H26N2OS. The molecule has 1 N–H and O–H groups in total. The molecule has 0 spiro atoms. The summed E-state index contributed by atoms with van der Waals surface area (Å²) < 4.78 is 5.89. The fourth-order valence-corrected chi connectivity index (χ4v) is 3.49. The van der Waals surface area contributed by atoms with Gasteiger partial charge in [0.1, 0.15) is 0 Å². The maximum atomic E-state index is 5.89. The van der Waals surface area contributed by atoms with Gasteiger partial charge in [-0.3, -0.25) is 4.99 Å². The van der Waals surface area contributed by atoms with Crippen LogP contribution in [0, 0.1) is 5.92 Å². The van der Waals surface area contributed by atoms with Crippen LogP contribution in [0.4, 0.5) is 0 Å². The normalized spacial score (nSPS) is 25.5. The largest absolute Gasteiger partial charge is 0.376 e. The van der Waals surface area contributed by atoms with Crippen molar-refractivity contribution in [3.05, 3.63) is 0 Å². The highest BCUT2D eigenvalue weighted by molar-refractivity contribution is 8.14. The first-order valence-corrected chi connectivity index (χ1v) is 8.20. The Balaban J connectivity index is 1.53. The van der Waals surface area contributed by atoms with Gasteiger partial charge in [0.15, 0.2) is 5.17 Å². The van der Waals surface area contributed by atoms with E-state index in [9.17, 15) is 0 Å². The molecule has 0 saturated heterocycles. The summed E-state index contributed by atoms with van der Waals surface area (Å²) in [5, 5.41) is 5.17. The van der Waals surface area contributed by atoms with Gasteiger partial charge in [0.2, 0.25) is 0 Å². The van der Waals surface area contributed by atoms with Crippen molar-refractivity contribution in [1.29, 1.82) is 0 Å². The lowest BCUT2D eigenvalue weighted by atomic mass is 9.98. The first-order valence-electron chi connectivity index (χ1n) is 7.32. The third-order valence-corrected chi connectivity index (χ3v) is 5.20. The highest BCUT2D eigenvalue weighted by atomic mass is 32.2. The quantitative estimate of drug-likeness (QED) is 0.780. The molecule has 1 unspecified atom stereocenters. The number of thioether (sulfide) groups is 1. The lowest BCUT2D eigenvalue weighted by Crippen LogP contribution is -2.27. The van der Waals surface area contributed by atoms with Crippen LogP contribution in [-0.4, -0.2) is 36.2 Å². The van der Waals surface area contributed by atoms with E-state index in [1.807, 2.05) is 11.8 Å². The molecule has 0 radical (unpaired) electrons. The first kappa shape index (κ1) is 14.2. The molecule has 3 nitrogen and oxygen atoms in total. The van der Waals surface area contributed by atoms with Crippen LogP contribution < -0.4 is 5.32 Å². The predicted molar refractivity (Wildman–Crippen MR) is 79.3 cm³/mol. The number of nitrogens with one attached hydrogen (secondary N) is 1. The standard InChI is InChI=1S/C14H26N2OS/c1-11(2)13-10-16-14(18-13)15-8-9-17-12-6-4-3-5-7-12/h11-13H,3-10H2,1-2H3,(H,15,16). The molecule has 1 heterocycles. The second kappa shape index (κ2) is 7.39. The highest BCUT2D eigenvalue weighted by Crippen LogP contribution is 2.25. The summed E-state index contributed by atoms with van der Waals surface area (Å²) in [7, 11) is 0. The van der Waals surface area contributed by atoms with E-state index < -0.39 is 0 Å². The molecule has 18 heavy (non-hydrogen) atoms. The van der Waals surface area contributed by atoms with Crippen LogP contribution >= 0.6 is 11.8 Å². The summed E-state index contributed by atoms with van der Waals surface area (Å²) in [4.78, 5) is 4.54. The van der Waals surface area contributed by atoms with Gasteiger partial charge in [-0.15, -0.1) is 0 Å². The number of nitrogens with zero attached hydrogens (tertiary/aromatic N) is 1. The maximum Gasteiger partial charge on any atom is 0.157 e. The minimum Gasteiger partial charge on any atom is -0.376 e. The number of amidine groups is 1. The van der Waals surface area contributed by atoms with E-state index in [4.69, 9.17) is 4.74 Å². The minimum atomic E-state index is 0.516. The SMILES string of the molecule is CC(C)C1CN=C(NCCOC2CCCCC2)S1. The Morgan fingerprint density at radius 2 is 2.11 bits per heavy atom. The Bertz CT molecular complexity index is 275. The molecule has 104 valence electrons. The zero-order chi connectivity index (χ0) is 12.8. The Labute approximate surface area is 115 Å². The fraction of sp³-hybridized carbons (Fsp3) is 0.929. The van der Waals surface area contributed by atoms with Gasteiger partial charge in [-0.05, 0) is 18.8 Å². The summed E-state index contributed by atoms with van der Waals surface area (Å²) in [6, 6.07) is 0. The molecule has 0 bridgehead atoms. The smallest absolute Gasteiger partial charge is 0.157 e. The topological polar surface area (TPSA) is 33.6 Å². The first-order chi connectivity index (χ1) is 8.75. The molecule has 1 atom stereocenters. The van der Waals surface area contributed by atoms with Gasteiger partial charge in [-0.2, -0.15) is 0 Å². The minimum absolute atomic E-state index is 0.516. The summed E-state index contributed by atoms with van der Waals surface area (Å²) in [5.74, 6) is 0.705. The van der Waals surface area contributed by atoms with Crippen molar-refractivity contribution < 1.29 is 4.74 Å². The summed E-state index contributed by atoms with van der Waals surface area (Å²) >= 11 is 1.89. The Morgan fingerprint density at radius 1 is 1.33 bits per heavy atom. The molecule has 0 aromatic carbocycles. The Hall–Kier alpha value is -0.220. The predicted octanol–water partition coefficient (Wildman–Crippen LogP) is 3.05. The molecule has 0 aromatic rings. The summed E-state index contributed by atoms with van der Waals surface area (Å²) in [5.41, 5.74) is 0. The lowest BCUT2D eigenvalue weighted by Gasteiger charge is -2.22. The van der Waals surface area contributed by atoms with Gasteiger partial charge in [0.25, 0.3) is 0 Å². The zero-order valence-electron chi connectivity index (χ0n) is 11.7. The van der Waals surface area contributed by atoms with Crippen LogP contribution in [0.15, 0.2) is 4.99 Å². The summed E-state index contributed by atoms with van der Waals surface area (Å²) in [6.45, 7) is 7.21. The van der Waals surface area contributed by atoms with E-state index in [2.05, 4.69) is 24.2 Å². The third kappa shape index (κ3) is 4.47. The van der Waals surface area contributed by atoms with Crippen LogP contribution in [0.2, 0.25) is 0 Å². The van der Waals surface area contributed by atoms with Crippen LogP contribution in [0.5, 0.6) is 0 Å². The second-order valence-corrected chi connectivity index (χ2v) is 6.83. The second-order valence-electron chi connectivity index (χ2n) is 5.60. The van der Waals surface area contributed by atoms with Crippen molar-refractivity contribution in [2.45, 2.75) is 57.3 Å². The average Bonchev–Trinajstić information content (AvgIpc) is 2.85. The zero-order valence-corrected chi connectivity index (χ0v) is 12.5. The van der Waals surface area contributed by atoms with Gasteiger partial charge in [-0.1, -0.05) is 44.9 Å². The molecule has 1 saturated carbocycles. The Morgan fingerprint density at radius 3 is 2.78 bits per heavy atom. The molecule has 2 aliphatic rings. The average molecular weight is 270 g/mol. The van der Waals surface area contributed by atoms with Crippen molar-refractivity contribution in [1.82, 2.24) is 5.32 Å². The van der Waals surface area contributed by atoms with Crippen molar-refractivity contribution in [3.63, 3.8) is 0 Å². The van der Waals surface area contributed by atoms with E-state index in [0.717, 1.165) is 24.9 Å². The van der Waals surface area contributed by atoms with E-state index in [-0.39, 0.29) is 0 Å². The molecular weight excluding hydrogens is 244 g/mol. The maximum absolute atomic E-state index is 5.89. The van der Waals surface area contributed by atoms with Crippen molar-refractivity contribution >= 4 is 16.9 Å². The van der Waals surface area contributed by atoms with Crippen molar-refractivity contribution in [2.75, 3.05) is 19.7 Å². The number of ether oxygens (including phenoxy) is 1. The number of hydrogen-bond donors (Lipinski definition) is 1. The van der Waals surface area contributed by atoms with Crippen molar-refractivity contribution in [3.8, 4) is 0 Å². The molecule has 1 fully saturated rings. The van der Waals surface area contributed by atoms with Crippen LogP contribution in [0.3, 0.4) is 0 Å². The fourth-order valence-electron chi connectivity index (χ4n) is 2.45. The van der Waals surface area contributed by atoms with E-state index in [1.165, 1.54) is 32.1 Å². The molecule has 0 aromatic heterocycles. The number of aliphatic imine (C=N–C) groups is 1. The van der Waals surface area contributed by atoms with Crippen molar-refractivity contribution in [2.24, 2.45) is 10.9 Å². The molecule has 0 amide bonds. The van der Waals surface area contributed by atoms with E-state index in [0.29, 0.717) is 17.3 Å². The Kier molecular flexibility index (Phi) is 5.83. The van der Waals surface area contributed by atoms with Crippen LogP contribution in [-0.2, 0) is 4.74 Å². The molecule has 2 rings (SSSR count). The van der Waals surface area contributed by atoms with Gasteiger partial charge in [0, 0.05) is 11.8 Å². The molecule has 4 heteroatoms. The van der Waals surface area contributed by atoms with E-state index in [1.54, 1.807) is 0 Å². The van der Waals surface area contributed by atoms with Crippen LogP contribution in [0.1, 0.15) is 46.0 Å². The van der Waals surface area contributed by atoms with Gasteiger partial charge < -0.3 is 10.1 Å². The molecule has 1 aliphatic heterocycles. The third-order valence-electron chi connectivity index (χ3n) is 3.71. The van der Waals surface area contributed by atoms with Gasteiger partial charge >= 0.3 is 0 Å². The monoisotopic (exact) mass is 270 g/mol. The van der Waals surface area contributed by atoms with Gasteiger partial charge in [0.05, 0.1) is 19.3 Å². The number of rotatable bonds is 5. The highest BCUT2D eigenvalue weighted by Gasteiger charge is 2.22. The number of hydrogen-bond acceptors (Lipinski definition) is 4. The molecule has 1 aliphatic carbocycles. The van der Waals surface area contributed by atoms with Gasteiger partial charge in [-0.25, -0.2) is 0 Å². The van der Waals surface area contributed by atoms with Crippen LogP contribution in [0.25, 0.3) is 0 Å². The summed E-state index contributed by atoms with van der Waals surface area (Å²) in [6.07, 6.45) is 7.10. The lowest BCUT2D eigenvalue weighted by molar-refractivity contribution is 0.0319. The van der Waals surface area contributed by atoms with E-state index >= 15 is 0 Å².